The number of carbonyl (C=O) groups excluding carboxylic acids is 2. The van der Waals surface area contributed by atoms with E-state index in [4.69, 9.17) is 4.74 Å². The molecule has 0 saturated carbocycles. The number of amides is 2. The number of rotatable bonds is 5. The minimum atomic E-state index is -0.506. The number of hydrogen-bond acceptors (Lipinski definition) is 4. The Morgan fingerprint density at radius 2 is 1.53 bits per heavy atom. The van der Waals surface area contributed by atoms with E-state index < -0.39 is 5.41 Å². The molecule has 2 aliphatic heterocycles. The number of likely N-dealkylation sites (tertiary alicyclic amines) is 2. The minimum absolute atomic E-state index is 0.0230. The van der Waals surface area contributed by atoms with Crippen LogP contribution in [0.25, 0.3) is 0 Å². The van der Waals surface area contributed by atoms with Gasteiger partial charge in [0.1, 0.15) is 0 Å². The van der Waals surface area contributed by atoms with E-state index in [2.05, 4.69) is 40.7 Å². The average Bonchev–Trinajstić information content (AvgIpc) is 3.09. The van der Waals surface area contributed by atoms with Crippen molar-refractivity contribution in [2.45, 2.75) is 98.5 Å². The number of hydrogen-bond donors (Lipinski definition) is 0. The number of ether oxygens (including phenoxy) is 1. The van der Waals surface area contributed by atoms with E-state index in [1.165, 1.54) is 0 Å². The fourth-order valence-corrected chi connectivity index (χ4v) is 5.82. The third-order valence-corrected chi connectivity index (χ3v) is 8.66. The predicted octanol–water partition coefficient (Wildman–Crippen LogP) is 4.78. The van der Waals surface area contributed by atoms with Crippen LogP contribution in [0.3, 0.4) is 0 Å². The molecule has 0 N–H and O–H groups in total. The Morgan fingerprint density at radius 1 is 0.938 bits per heavy atom. The van der Waals surface area contributed by atoms with Gasteiger partial charge in [0.15, 0.2) is 0 Å². The van der Waals surface area contributed by atoms with E-state index in [9.17, 15) is 14.9 Å². The maximum atomic E-state index is 13.2. The van der Waals surface area contributed by atoms with Crippen LogP contribution in [0.1, 0.15) is 92.9 Å². The zero-order chi connectivity index (χ0) is 24.2. The summed E-state index contributed by atoms with van der Waals surface area (Å²) >= 11 is 0. The van der Waals surface area contributed by atoms with Gasteiger partial charge in [-0.25, -0.2) is 0 Å². The summed E-state index contributed by atoms with van der Waals surface area (Å²) in [6, 6.07) is 2.63. The number of nitriles is 1. The van der Waals surface area contributed by atoms with E-state index in [1.54, 1.807) is 14.0 Å². The lowest BCUT2D eigenvalue weighted by Crippen LogP contribution is -2.45. The molecule has 6 heteroatoms. The predicted molar refractivity (Wildman–Crippen MR) is 127 cm³/mol. The molecule has 182 valence electrons. The molecule has 2 heterocycles. The van der Waals surface area contributed by atoms with Crippen molar-refractivity contribution in [3.8, 4) is 6.07 Å². The van der Waals surface area contributed by atoms with Crippen molar-refractivity contribution in [2.24, 2.45) is 16.2 Å². The van der Waals surface area contributed by atoms with Crippen LogP contribution in [-0.2, 0) is 14.3 Å². The standard InChI is InChI=1S/C26H45N3O3/c1-21(30)28-16-8-11-25(20-27,14-18-28)24(5,6)13-10-22(31)29-17-9-12-26(32-7,15-19-29)23(2,3)4/h8-19H2,1-7H3. The fraction of sp³-hybridized carbons (Fsp3) is 0.885. The lowest BCUT2D eigenvalue weighted by molar-refractivity contribution is -0.133. The van der Waals surface area contributed by atoms with Gasteiger partial charge >= 0.3 is 0 Å². The first-order chi connectivity index (χ1) is 14.8. The Labute approximate surface area is 195 Å². The highest BCUT2D eigenvalue weighted by Crippen LogP contribution is 2.49. The van der Waals surface area contributed by atoms with Crippen molar-refractivity contribution in [1.82, 2.24) is 9.80 Å². The molecule has 0 aliphatic carbocycles. The normalized spacial score (nSPS) is 27.9. The van der Waals surface area contributed by atoms with Crippen molar-refractivity contribution in [3.05, 3.63) is 0 Å². The Morgan fingerprint density at radius 3 is 2.09 bits per heavy atom. The molecule has 2 saturated heterocycles. The molecule has 2 amide bonds. The molecule has 2 fully saturated rings. The third-order valence-electron chi connectivity index (χ3n) is 8.66. The smallest absolute Gasteiger partial charge is 0.222 e. The number of carbonyl (C=O) groups is 2. The molecule has 2 aliphatic rings. The van der Waals surface area contributed by atoms with Crippen LogP contribution in [0, 0.1) is 27.6 Å². The largest absolute Gasteiger partial charge is 0.378 e. The van der Waals surface area contributed by atoms with Crippen molar-refractivity contribution in [2.75, 3.05) is 33.3 Å². The Kier molecular flexibility index (Phi) is 8.42. The van der Waals surface area contributed by atoms with Gasteiger partial charge in [-0.15, -0.1) is 0 Å². The van der Waals surface area contributed by atoms with Gasteiger partial charge in [0, 0.05) is 46.6 Å². The zero-order valence-electron chi connectivity index (χ0n) is 21.6. The second-order valence-corrected chi connectivity index (χ2v) is 11.6. The topological polar surface area (TPSA) is 73.6 Å². The van der Waals surface area contributed by atoms with Crippen LogP contribution in [-0.4, -0.2) is 60.5 Å². The highest BCUT2D eigenvalue weighted by Gasteiger charge is 2.47. The summed E-state index contributed by atoms with van der Waals surface area (Å²) in [5, 5.41) is 10.2. The van der Waals surface area contributed by atoms with Crippen molar-refractivity contribution >= 4 is 11.8 Å². The molecular formula is C26H45N3O3. The number of nitrogens with zero attached hydrogens (tertiary/aromatic N) is 3. The van der Waals surface area contributed by atoms with Gasteiger partial charge in [0.05, 0.1) is 17.1 Å². The van der Waals surface area contributed by atoms with Crippen LogP contribution in [0.2, 0.25) is 0 Å². The first-order valence-electron chi connectivity index (χ1n) is 12.3. The first kappa shape index (κ1) is 26.6. The summed E-state index contributed by atoms with van der Waals surface area (Å²) in [5.74, 6) is 0.265. The summed E-state index contributed by atoms with van der Waals surface area (Å²) in [7, 11) is 1.80. The molecule has 2 atom stereocenters. The Hall–Kier alpha value is -1.61. The average molecular weight is 448 g/mol. The van der Waals surface area contributed by atoms with Gasteiger partial charge in [-0.2, -0.15) is 5.26 Å². The summed E-state index contributed by atoms with van der Waals surface area (Å²) in [5.41, 5.74) is -0.976. The summed E-state index contributed by atoms with van der Waals surface area (Å²) < 4.78 is 6.01. The molecule has 2 rings (SSSR count). The van der Waals surface area contributed by atoms with Crippen LogP contribution in [0.15, 0.2) is 0 Å². The van der Waals surface area contributed by atoms with Crippen LogP contribution in [0.4, 0.5) is 0 Å². The molecule has 6 nitrogen and oxygen atoms in total. The highest BCUT2D eigenvalue weighted by molar-refractivity contribution is 5.76. The molecule has 0 spiro atoms. The molecule has 0 bridgehead atoms. The van der Waals surface area contributed by atoms with Gasteiger partial charge in [0.25, 0.3) is 0 Å². The lowest BCUT2D eigenvalue weighted by Gasteiger charge is -2.43. The molecule has 2 unspecified atom stereocenters. The third kappa shape index (κ3) is 5.47. The second kappa shape index (κ2) is 10.1. The van der Waals surface area contributed by atoms with Crippen LogP contribution < -0.4 is 0 Å². The number of methoxy groups -OCH3 is 1. The van der Waals surface area contributed by atoms with Crippen LogP contribution in [0.5, 0.6) is 0 Å². The van der Waals surface area contributed by atoms with Gasteiger partial charge in [-0.05, 0) is 55.8 Å². The summed E-state index contributed by atoms with van der Waals surface area (Å²) in [6.07, 6.45) is 6.20. The van der Waals surface area contributed by atoms with Crippen molar-refractivity contribution in [3.63, 3.8) is 0 Å². The van der Waals surface area contributed by atoms with Gasteiger partial charge in [0.2, 0.25) is 11.8 Å². The van der Waals surface area contributed by atoms with E-state index in [0.29, 0.717) is 25.8 Å². The van der Waals surface area contributed by atoms with Gasteiger partial charge < -0.3 is 14.5 Å². The first-order valence-corrected chi connectivity index (χ1v) is 12.3. The SMILES string of the molecule is COC1(C(C)(C)C)CCCN(C(=O)CCC(C)(C)C2(C#N)CCCN(C(C)=O)CC2)CC1. The van der Waals surface area contributed by atoms with E-state index in [1.807, 2.05) is 9.80 Å². The van der Waals surface area contributed by atoms with Crippen LogP contribution >= 0.6 is 0 Å². The highest BCUT2D eigenvalue weighted by atomic mass is 16.5. The Bertz CT molecular complexity index is 721. The fourth-order valence-electron chi connectivity index (χ4n) is 5.82. The molecule has 0 radical (unpaired) electrons. The van der Waals surface area contributed by atoms with E-state index in [-0.39, 0.29) is 28.2 Å². The van der Waals surface area contributed by atoms with E-state index >= 15 is 0 Å². The Balaban J connectivity index is 2.03. The second-order valence-electron chi connectivity index (χ2n) is 11.6. The molecule has 0 aromatic rings. The molecule has 0 aromatic carbocycles. The van der Waals surface area contributed by atoms with Crippen molar-refractivity contribution in [1.29, 1.82) is 5.26 Å². The summed E-state index contributed by atoms with van der Waals surface area (Å²) in [4.78, 5) is 28.9. The van der Waals surface area contributed by atoms with Gasteiger partial charge in [-0.1, -0.05) is 34.6 Å². The van der Waals surface area contributed by atoms with Gasteiger partial charge in [-0.3, -0.25) is 9.59 Å². The molecule has 32 heavy (non-hydrogen) atoms. The molecule has 0 aromatic heterocycles. The lowest BCUT2D eigenvalue weighted by atomic mass is 9.60. The van der Waals surface area contributed by atoms with E-state index in [0.717, 1.165) is 51.7 Å². The maximum Gasteiger partial charge on any atom is 0.222 e. The zero-order valence-corrected chi connectivity index (χ0v) is 21.6. The molecular weight excluding hydrogens is 402 g/mol. The monoisotopic (exact) mass is 447 g/mol. The maximum absolute atomic E-state index is 13.2. The minimum Gasteiger partial charge on any atom is -0.378 e. The quantitative estimate of drug-likeness (QED) is 0.608. The van der Waals surface area contributed by atoms with Crippen molar-refractivity contribution < 1.29 is 14.3 Å². The summed E-state index contributed by atoms with van der Waals surface area (Å²) in [6.45, 7) is 15.4.